The van der Waals surface area contributed by atoms with Crippen LogP contribution in [-0.2, 0) is 11.2 Å². The number of aliphatic carboxylic acids is 1. The van der Waals surface area contributed by atoms with Gasteiger partial charge in [-0.3, -0.25) is 4.79 Å². The molecule has 0 saturated carbocycles. The van der Waals surface area contributed by atoms with Crippen molar-refractivity contribution in [2.75, 3.05) is 0 Å². The van der Waals surface area contributed by atoms with Crippen molar-refractivity contribution in [3.63, 3.8) is 0 Å². The number of aromatic nitrogens is 2. The average molecular weight is 218 g/mol. The predicted octanol–water partition coefficient (Wildman–Crippen LogP) is 1.97. The van der Waals surface area contributed by atoms with Gasteiger partial charge in [-0.05, 0) is 38.0 Å². The molecule has 0 amide bonds. The van der Waals surface area contributed by atoms with Crippen LogP contribution in [0.25, 0.3) is 5.52 Å². The lowest BCUT2D eigenvalue weighted by Gasteiger charge is -2.01. The molecule has 2 aromatic heterocycles. The molecule has 0 unspecified atom stereocenters. The van der Waals surface area contributed by atoms with E-state index in [4.69, 9.17) is 5.11 Å². The molecule has 2 aromatic rings. The number of hydrogen-bond acceptors (Lipinski definition) is 2. The lowest BCUT2D eigenvalue weighted by Crippen LogP contribution is -1.98. The minimum atomic E-state index is -0.763. The molecule has 0 aliphatic heterocycles. The van der Waals surface area contributed by atoms with Gasteiger partial charge in [0.1, 0.15) is 5.82 Å². The highest BCUT2D eigenvalue weighted by Gasteiger charge is 2.05. The third-order valence-corrected chi connectivity index (χ3v) is 2.70. The Kier molecular flexibility index (Phi) is 2.64. The molecular formula is C12H14N2O2. The van der Waals surface area contributed by atoms with E-state index in [1.807, 2.05) is 36.6 Å². The van der Waals surface area contributed by atoms with Crippen LogP contribution in [0.1, 0.15) is 23.5 Å². The van der Waals surface area contributed by atoms with E-state index in [1.165, 1.54) is 0 Å². The Bertz CT molecular complexity index is 543. The van der Waals surface area contributed by atoms with Crippen LogP contribution in [0.3, 0.4) is 0 Å². The third kappa shape index (κ3) is 1.91. The lowest BCUT2D eigenvalue weighted by molar-refractivity contribution is -0.136. The fraction of sp³-hybridized carbons (Fsp3) is 0.333. The van der Waals surface area contributed by atoms with Gasteiger partial charge in [0.25, 0.3) is 0 Å². The van der Waals surface area contributed by atoms with Crippen LogP contribution in [0.15, 0.2) is 18.3 Å². The molecular weight excluding hydrogens is 204 g/mol. The Hall–Kier alpha value is -1.84. The van der Waals surface area contributed by atoms with E-state index in [-0.39, 0.29) is 6.42 Å². The maximum absolute atomic E-state index is 10.5. The molecule has 0 aliphatic rings. The maximum Gasteiger partial charge on any atom is 0.303 e. The van der Waals surface area contributed by atoms with Crippen molar-refractivity contribution < 1.29 is 9.90 Å². The zero-order chi connectivity index (χ0) is 11.7. The molecule has 0 spiro atoms. The van der Waals surface area contributed by atoms with E-state index in [2.05, 4.69) is 4.98 Å². The van der Waals surface area contributed by atoms with Crippen molar-refractivity contribution in [3.8, 4) is 0 Å². The first-order chi connectivity index (χ1) is 7.58. The molecule has 4 nitrogen and oxygen atoms in total. The second kappa shape index (κ2) is 3.96. The number of imidazole rings is 1. The summed E-state index contributed by atoms with van der Waals surface area (Å²) in [5.74, 6) is 0.193. The molecule has 0 bridgehead atoms. The fourth-order valence-corrected chi connectivity index (χ4v) is 1.87. The maximum atomic E-state index is 10.5. The Morgan fingerprint density at radius 2 is 2.25 bits per heavy atom. The van der Waals surface area contributed by atoms with Crippen molar-refractivity contribution in [2.45, 2.75) is 26.7 Å². The van der Waals surface area contributed by atoms with Crippen LogP contribution in [0.2, 0.25) is 0 Å². The molecule has 0 aliphatic carbocycles. The fourth-order valence-electron chi connectivity index (χ4n) is 1.87. The van der Waals surface area contributed by atoms with E-state index in [0.29, 0.717) is 6.42 Å². The highest BCUT2D eigenvalue weighted by molar-refractivity contribution is 5.67. The molecule has 2 heterocycles. The molecule has 4 heteroatoms. The summed E-state index contributed by atoms with van der Waals surface area (Å²) in [4.78, 5) is 14.9. The normalized spacial score (nSPS) is 10.9. The highest BCUT2D eigenvalue weighted by atomic mass is 16.4. The Labute approximate surface area is 93.5 Å². The van der Waals surface area contributed by atoms with E-state index >= 15 is 0 Å². The summed E-state index contributed by atoms with van der Waals surface area (Å²) in [6.45, 7) is 3.92. The summed E-state index contributed by atoms with van der Waals surface area (Å²) < 4.78 is 2.01. The zero-order valence-corrected chi connectivity index (χ0v) is 9.40. The van der Waals surface area contributed by atoms with Crippen molar-refractivity contribution in [2.24, 2.45) is 0 Å². The third-order valence-electron chi connectivity index (χ3n) is 2.70. The summed E-state index contributed by atoms with van der Waals surface area (Å²) in [5, 5.41) is 8.63. The molecule has 1 N–H and O–H groups in total. The van der Waals surface area contributed by atoms with Crippen LogP contribution < -0.4 is 0 Å². The Balaban J connectivity index is 2.36. The van der Waals surface area contributed by atoms with Gasteiger partial charge < -0.3 is 9.51 Å². The monoisotopic (exact) mass is 218 g/mol. The number of carbonyl (C=O) groups is 1. The van der Waals surface area contributed by atoms with Gasteiger partial charge in [-0.1, -0.05) is 0 Å². The second-order valence-electron chi connectivity index (χ2n) is 3.93. The number of fused-ring (bicyclic) bond motifs is 1. The van der Waals surface area contributed by atoms with Gasteiger partial charge in [0.05, 0.1) is 11.2 Å². The molecule has 0 aromatic carbocycles. The molecule has 0 fully saturated rings. The minimum Gasteiger partial charge on any atom is -0.481 e. The van der Waals surface area contributed by atoms with E-state index in [0.717, 1.165) is 22.6 Å². The van der Waals surface area contributed by atoms with Crippen LogP contribution in [0.4, 0.5) is 0 Å². The molecule has 0 atom stereocenters. The van der Waals surface area contributed by atoms with Gasteiger partial charge in [-0.2, -0.15) is 0 Å². The van der Waals surface area contributed by atoms with Gasteiger partial charge in [-0.15, -0.1) is 0 Å². The number of pyridine rings is 1. The first-order valence-corrected chi connectivity index (χ1v) is 5.24. The van der Waals surface area contributed by atoms with Gasteiger partial charge in [-0.25, -0.2) is 4.98 Å². The Morgan fingerprint density at radius 1 is 1.50 bits per heavy atom. The van der Waals surface area contributed by atoms with E-state index < -0.39 is 5.97 Å². The van der Waals surface area contributed by atoms with Gasteiger partial charge >= 0.3 is 5.97 Å². The summed E-state index contributed by atoms with van der Waals surface area (Å²) in [5.41, 5.74) is 3.08. The van der Waals surface area contributed by atoms with Crippen molar-refractivity contribution in [3.05, 3.63) is 35.4 Å². The van der Waals surface area contributed by atoms with Crippen LogP contribution in [0, 0.1) is 13.8 Å². The molecule has 0 radical (unpaired) electrons. The number of aryl methyl sites for hydroxylation is 3. The largest absolute Gasteiger partial charge is 0.481 e. The first-order valence-electron chi connectivity index (χ1n) is 5.24. The summed E-state index contributed by atoms with van der Waals surface area (Å²) in [6, 6.07) is 3.96. The van der Waals surface area contributed by atoms with Gasteiger partial charge in [0.2, 0.25) is 0 Å². The summed E-state index contributed by atoms with van der Waals surface area (Å²) in [7, 11) is 0. The number of hydrogen-bond donors (Lipinski definition) is 1. The average Bonchev–Trinajstić information content (AvgIpc) is 2.52. The van der Waals surface area contributed by atoms with Crippen molar-refractivity contribution in [1.29, 1.82) is 0 Å². The van der Waals surface area contributed by atoms with E-state index in [1.54, 1.807) is 0 Å². The van der Waals surface area contributed by atoms with Gasteiger partial charge in [0.15, 0.2) is 0 Å². The number of nitrogens with zero attached hydrogens (tertiary/aromatic N) is 2. The number of carboxylic acids is 1. The quantitative estimate of drug-likeness (QED) is 0.856. The standard InChI is InChI=1S/C12H14N2O2/c1-8-11-7-10(3-4-12(15)16)5-6-14(11)9(2)13-8/h5-7H,3-4H2,1-2H3,(H,15,16). The first kappa shape index (κ1) is 10.7. The van der Waals surface area contributed by atoms with Crippen LogP contribution in [-0.4, -0.2) is 20.5 Å². The Morgan fingerprint density at radius 3 is 2.94 bits per heavy atom. The minimum absolute atomic E-state index is 0.169. The number of carboxylic acid groups (broad SMARTS) is 1. The van der Waals surface area contributed by atoms with E-state index in [9.17, 15) is 4.79 Å². The zero-order valence-electron chi connectivity index (χ0n) is 9.40. The topological polar surface area (TPSA) is 54.6 Å². The van der Waals surface area contributed by atoms with Crippen molar-refractivity contribution in [1.82, 2.24) is 9.38 Å². The summed E-state index contributed by atoms with van der Waals surface area (Å²) in [6.07, 6.45) is 2.68. The van der Waals surface area contributed by atoms with Crippen molar-refractivity contribution >= 4 is 11.5 Å². The van der Waals surface area contributed by atoms with Gasteiger partial charge in [0, 0.05) is 12.6 Å². The predicted molar refractivity (Wildman–Crippen MR) is 60.6 cm³/mol. The SMILES string of the molecule is Cc1nc(C)n2ccc(CCC(=O)O)cc12. The van der Waals surface area contributed by atoms with Crippen LogP contribution in [0.5, 0.6) is 0 Å². The highest BCUT2D eigenvalue weighted by Crippen LogP contribution is 2.15. The molecule has 2 rings (SSSR count). The number of rotatable bonds is 3. The summed E-state index contributed by atoms with van der Waals surface area (Å²) >= 11 is 0. The molecule has 0 saturated heterocycles. The molecule has 16 heavy (non-hydrogen) atoms. The lowest BCUT2D eigenvalue weighted by atomic mass is 10.1. The van der Waals surface area contributed by atoms with Crippen LogP contribution >= 0.6 is 0 Å². The second-order valence-corrected chi connectivity index (χ2v) is 3.93. The smallest absolute Gasteiger partial charge is 0.303 e. The molecule has 84 valence electrons.